The highest BCUT2D eigenvalue weighted by atomic mass is 32.1. The maximum atomic E-state index is 13.5. The van der Waals surface area contributed by atoms with Crippen LogP contribution in [0.3, 0.4) is 0 Å². The second kappa shape index (κ2) is 10.9. The number of benzene rings is 2. The van der Waals surface area contributed by atoms with Gasteiger partial charge in [-0.25, -0.2) is 0 Å². The van der Waals surface area contributed by atoms with Gasteiger partial charge in [0.2, 0.25) is 5.91 Å². The van der Waals surface area contributed by atoms with Gasteiger partial charge in [0.25, 0.3) is 5.91 Å². The minimum atomic E-state index is -0.169. The van der Waals surface area contributed by atoms with Crippen molar-refractivity contribution in [1.82, 2.24) is 9.80 Å². The lowest BCUT2D eigenvalue weighted by molar-refractivity contribution is -0.135. The molecule has 0 saturated carbocycles. The van der Waals surface area contributed by atoms with Crippen molar-refractivity contribution in [3.63, 3.8) is 0 Å². The van der Waals surface area contributed by atoms with Crippen LogP contribution in [-0.4, -0.2) is 47.9 Å². The van der Waals surface area contributed by atoms with Gasteiger partial charge in [-0.2, -0.15) is 0 Å². The Hall–Kier alpha value is -3.12. The summed E-state index contributed by atoms with van der Waals surface area (Å²) >= 11 is 1.73. The molecule has 2 heterocycles. The summed E-state index contributed by atoms with van der Waals surface area (Å²) in [6.45, 7) is 7.79. The lowest BCUT2D eigenvalue weighted by Crippen LogP contribution is -2.47. The van der Waals surface area contributed by atoms with Crippen LogP contribution in [0.15, 0.2) is 66.0 Å². The van der Waals surface area contributed by atoms with Gasteiger partial charge in [-0.05, 0) is 66.1 Å². The Morgan fingerprint density at radius 1 is 1.09 bits per heavy atom. The summed E-state index contributed by atoms with van der Waals surface area (Å²) in [6, 6.07) is 19.2. The second-order valence-electron chi connectivity index (χ2n) is 8.87. The first-order valence-corrected chi connectivity index (χ1v) is 12.8. The van der Waals surface area contributed by atoms with Crippen LogP contribution in [0, 0.1) is 0 Å². The van der Waals surface area contributed by atoms with E-state index in [2.05, 4.69) is 37.4 Å². The summed E-state index contributed by atoms with van der Waals surface area (Å²) in [7, 11) is 0. The number of hydrogen-bond acceptors (Lipinski definition) is 4. The van der Waals surface area contributed by atoms with Gasteiger partial charge in [0.1, 0.15) is 18.9 Å². The van der Waals surface area contributed by atoms with Gasteiger partial charge < -0.3 is 14.5 Å². The van der Waals surface area contributed by atoms with Gasteiger partial charge in [0.05, 0.1) is 6.04 Å². The molecule has 0 radical (unpaired) electrons. The number of fused-ring (bicyclic) bond motifs is 1. The number of thiophene rings is 1. The Balaban J connectivity index is 1.48. The fourth-order valence-corrected chi connectivity index (χ4v) is 5.27. The maximum Gasteiger partial charge on any atom is 0.254 e. The van der Waals surface area contributed by atoms with Crippen molar-refractivity contribution < 1.29 is 14.3 Å². The van der Waals surface area contributed by atoms with E-state index in [1.165, 1.54) is 10.4 Å². The van der Waals surface area contributed by atoms with Crippen molar-refractivity contribution in [2.24, 2.45) is 0 Å². The fourth-order valence-electron chi connectivity index (χ4n) is 4.34. The smallest absolute Gasteiger partial charge is 0.254 e. The van der Waals surface area contributed by atoms with Crippen molar-refractivity contribution in [1.29, 1.82) is 0 Å². The van der Waals surface area contributed by atoms with Crippen LogP contribution in [0.4, 0.5) is 0 Å². The molecule has 1 aromatic heterocycles. The molecule has 0 spiro atoms. The summed E-state index contributed by atoms with van der Waals surface area (Å²) in [5, 5.41) is 2.08. The molecule has 34 heavy (non-hydrogen) atoms. The van der Waals surface area contributed by atoms with E-state index in [1.807, 2.05) is 42.2 Å². The monoisotopic (exact) mass is 476 g/mol. The minimum Gasteiger partial charge on any atom is -0.491 e. The zero-order chi connectivity index (χ0) is 24.1. The summed E-state index contributed by atoms with van der Waals surface area (Å²) in [6.07, 6.45) is 0.830. The first-order valence-electron chi connectivity index (χ1n) is 11.9. The topological polar surface area (TPSA) is 49.9 Å². The average Bonchev–Trinajstić information content (AvgIpc) is 3.35. The Morgan fingerprint density at radius 2 is 1.82 bits per heavy atom. The first-order chi connectivity index (χ1) is 16.5. The van der Waals surface area contributed by atoms with Gasteiger partial charge in [0.15, 0.2) is 0 Å². The molecule has 178 valence electrons. The molecule has 0 N–H and O–H groups in total. The number of rotatable bonds is 8. The maximum absolute atomic E-state index is 13.5. The predicted molar refractivity (Wildman–Crippen MR) is 137 cm³/mol. The minimum absolute atomic E-state index is 0.0493. The predicted octanol–water partition coefficient (Wildman–Crippen LogP) is 5.54. The number of amides is 2. The van der Waals surface area contributed by atoms with Gasteiger partial charge in [-0.15, -0.1) is 11.3 Å². The van der Waals surface area contributed by atoms with Gasteiger partial charge >= 0.3 is 0 Å². The zero-order valence-corrected chi connectivity index (χ0v) is 20.9. The molecule has 0 bridgehead atoms. The molecule has 0 fully saturated rings. The van der Waals surface area contributed by atoms with Crippen molar-refractivity contribution in [3.8, 4) is 5.75 Å². The Labute approximate surface area is 206 Å². The molecule has 0 aliphatic carbocycles. The van der Waals surface area contributed by atoms with E-state index in [-0.39, 0.29) is 24.4 Å². The van der Waals surface area contributed by atoms with Crippen LogP contribution >= 0.6 is 11.3 Å². The third-order valence-electron chi connectivity index (χ3n) is 6.39. The SMILES string of the molecule is CCN(CC(=O)N1CCc2sccc2[C@H]1COc1ccc(C(C)C)cc1)C(=O)c1ccccc1. The highest BCUT2D eigenvalue weighted by molar-refractivity contribution is 7.10. The van der Waals surface area contributed by atoms with Gasteiger partial charge in [-0.3, -0.25) is 9.59 Å². The van der Waals surface area contributed by atoms with Crippen molar-refractivity contribution in [2.75, 3.05) is 26.2 Å². The highest BCUT2D eigenvalue weighted by Crippen LogP contribution is 2.34. The van der Waals surface area contributed by atoms with Crippen LogP contribution in [0.25, 0.3) is 0 Å². The quantitative estimate of drug-likeness (QED) is 0.429. The van der Waals surface area contributed by atoms with Crippen LogP contribution in [0.2, 0.25) is 0 Å². The van der Waals surface area contributed by atoms with E-state index in [0.717, 1.165) is 17.7 Å². The molecule has 0 saturated heterocycles. The van der Waals surface area contributed by atoms with Crippen LogP contribution in [0.5, 0.6) is 5.75 Å². The summed E-state index contributed by atoms with van der Waals surface area (Å²) in [5.41, 5.74) is 3.02. The number of carbonyl (C=O) groups is 2. The Kier molecular flexibility index (Phi) is 7.68. The van der Waals surface area contributed by atoms with Crippen LogP contribution in [-0.2, 0) is 11.2 Å². The molecule has 0 unspecified atom stereocenters. The van der Waals surface area contributed by atoms with Crippen molar-refractivity contribution >= 4 is 23.2 Å². The number of hydrogen-bond donors (Lipinski definition) is 0. The standard InChI is InChI=1S/C28H32N2O3S/c1-4-29(28(32)22-8-6-5-7-9-22)18-27(31)30-16-14-26-24(15-17-34-26)25(30)19-33-23-12-10-21(11-13-23)20(2)3/h5-13,15,17,20,25H,4,14,16,18-19H2,1-3H3/t25-/m1/s1. The first kappa shape index (κ1) is 24.0. The fraction of sp³-hybridized carbons (Fsp3) is 0.357. The molecule has 3 aromatic rings. The van der Waals surface area contributed by atoms with Gasteiger partial charge in [-0.1, -0.05) is 44.2 Å². The molecular formula is C28H32N2O3S. The van der Waals surface area contributed by atoms with Gasteiger partial charge in [0, 0.05) is 23.5 Å². The molecule has 2 amide bonds. The lowest BCUT2D eigenvalue weighted by atomic mass is 10.00. The second-order valence-corrected chi connectivity index (χ2v) is 9.87. The molecule has 1 atom stereocenters. The zero-order valence-electron chi connectivity index (χ0n) is 20.1. The van der Waals surface area contributed by atoms with Crippen molar-refractivity contribution in [3.05, 3.63) is 87.6 Å². The highest BCUT2D eigenvalue weighted by Gasteiger charge is 2.33. The molecule has 2 aromatic carbocycles. The van der Waals surface area contributed by atoms with Crippen molar-refractivity contribution in [2.45, 2.75) is 39.2 Å². The number of likely N-dealkylation sites (N-methyl/N-ethyl adjacent to an activating group) is 1. The summed E-state index contributed by atoms with van der Waals surface area (Å²) in [4.78, 5) is 31.2. The van der Waals surface area contributed by atoms with Crippen LogP contribution in [0.1, 0.15) is 59.1 Å². The van der Waals surface area contributed by atoms with E-state index in [4.69, 9.17) is 4.74 Å². The molecular weight excluding hydrogens is 444 g/mol. The molecule has 4 rings (SSSR count). The number of carbonyl (C=O) groups excluding carboxylic acids is 2. The molecule has 6 heteroatoms. The third-order valence-corrected chi connectivity index (χ3v) is 7.38. The van der Waals surface area contributed by atoms with E-state index in [0.29, 0.717) is 31.2 Å². The average molecular weight is 477 g/mol. The third kappa shape index (κ3) is 5.33. The lowest BCUT2D eigenvalue weighted by Gasteiger charge is -2.37. The Bertz CT molecular complexity index is 1110. The number of nitrogens with zero attached hydrogens (tertiary/aromatic N) is 2. The molecule has 5 nitrogen and oxygen atoms in total. The van der Waals surface area contributed by atoms with Crippen LogP contribution < -0.4 is 4.74 Å². The van der Waals surface area contributed by atoms with E-state index in [9.17, 15) is 9.59 Å². The number of ether oxygens (including phenoxy) is 1. The summed E-state index contributed by atoms with van der Waals surface area (Å²) in [5.74, 6) is 1.09. The largest absolute Gasteiger partial charge is 0.491 e. The van der Waals surface area contributed by atoms with E-state index < -0.39 is 0 Å². The normalized spacial score (nSPS) is 15.2. The van der Waals surface area contributed by atoms with E-state index in [1.54, 1.807) is 28.4 Å². The Morgan fingerprint density at radius 3 is 2.50 bits per heavy atom. The molecule has 1 aliphatic rings. The summed E-state index contributed by atoms with van der Waals surface area (Å²) < 4.78 is 6.17. The van der Waals surface area contributed by atoms with E-state index >= 15 is 0 Å². The molecule has 1 aliphatic heterocycles.